The van der Waals surface area contributed by atoms with Crippen LogP contribution in [0.3, 0.4) is 0 Å². The van der Waals surface area contributed by atoms with Gasteiger partial charge in [-0.1, -0.05) is 12.1 Å². The number of rotatable bonds is 9. The molecule has 2 aromatic carbocycles. The Morgan fingerprint density at radius 3 is 2.50 bits per heavy atom. The third kappa shape index (κ3) is 5.67. The number of carbonyl (C=O) groups is 2. The predicted octanol–water partition coefficient (Wildman–Crippen LogP) is 2.28. The lowest BCUT2D eigenvalue weighted by atomic mass is 9.88. The van der Waals surface area contributed by atoms with E-state index in [2.05, 4.69) is 0 Å². The van der Waals surface area contributed by atoms with Gasteiger partial charge in [-0.25, -0.2) is 4.79 Å². The number of carbonyl (C=O) groups excluding carboxylic acids is 2. The Balaban J connectivity index is 1.91. The molecule has 1 saturated heterocycles. The second-order valence-electron chi connectivity index (χ2n) is 8.25. The summed E-state index contributed by atoms with van der Waals surface area (Å²) in [6.07, 6.45) is -4.26. The summed E-state index contributed by atoms with van der Waals surface area (Å²) in [5.74, 6) is -0.295. The SMILES string of the molecule is CCOC(=O)CCCCOc1ccc2cc(C(=O)OC)ccc2c1[C@H]1O[C@@H](C)[C@@H](O)[C@@H](O)[C@@H]1O. The molecule has 0 aromatic heterocycles. The molecule has 9 nitrogen and oxygen atoms in total. The number of aliphatic hydroxyl groups is 3. The van der Waals surface area contributed by atoms with Crippen molar-refractivity contribution < 1.29 is 43.9 Å². The molecule has 186 valence electrons. The minimum absolute atomic E-state index is 0.254. The van der Waals surface area contributed by atoms with Crippen LogP contribution in [0, 0.1) is 0 Å². The summed E-state index contributed by atoms with van der Waals surface area (Å²) in [5.41, 5.74) is 0.868. The molecular formula is C25H32O9. The van der Waals surface area contributed by atoms with Gasteiger partial charge in [0.2, 0.25) is 0 Å². The molecular weight excluding hydrogens is 444 g/mol. The van der Waals surface area contributed by atoms with E-state index in [1.54, 1.807) is 44.2 Å². The number of methoxy groups -OCH3 is 1. The zero-order valence-electron chi connectivity index (χ0n) is 19.6. The maximum atomic E-state index is 12.0. The van der Waals surface area contributed by atoms with Crippen molar-refractivity contribution in [3.05, 3.63) is 41.5 Å². The van der Waals surface area contributed by atoms with E-state index in [9.17, 15) is 24.9 Å². The summed E-state index contributed by atoms with van der Waals surface area (Å²) in [6, 6.07) is 8.47. The van der Waals surface area contributed by atoms with E-state index >= 15 is 0 Å². The van der Waals surface area contributed by atoms with Gasteiger partial charge in [0.15, 0.2) is 0 Å². The maximum Gasteiger partial charge on any atom is 0.337 e. The van der Waals surface area contributed by atoms with Gasteiger partial charge in [-0.2, -0.15) is 0 Å². The summed E-state index contributed by atoms with van der Waals surface area (Å²) in [7, 11) is 1.30. The molecule has 34 heavy (non-hydrogen) atoms. The van der Waals surface area contributed by atoms with Crippen LogP contribution in [-0.4, -0.2) is 72.0 Å². The number of hydrogen-bond acceptors (Lipinski definition) is 9. The first-order valence-corrected chi connectivity index (χ1v) is 11.4. The van der Waals surface area contributed by atoms with Crippen LogP contribution in [0.2, 0.25) is 0 Å². The lowest BCUT2D eigenvalue weighted by Gasteiger charge is -2.40. The van der Waals surface area contributed by atoms with Crippen LogP contribution in [0.1, 0.15) is 55.1 Å². The zero-order chi connectivity index (χ0) is 24.8. The van der Waals surface area contributed by atoms with E-state index in [0.717, 1.165) is 0 Å². The third-order valence-corrected chi connectivity index (χ3v) is 5.92. The molecule has 1 aliphatic heterocycles. The lowest BCUT2D eigenvalue weighted by molar-refractivity contribution is -0.219. The van der Waals surface area contributed by atoms with Crippen LogP contribution in [0.5, 0.6) is 5.75 Å². The predicted molar refractivity (Wildman–Crippen MR) is 123 cm³/mol. The summed E-state index contributed by atoms with van der Waals surface area (Å²) >= 11 is 0. The monoisotopic (exact) mass is 476 g/mol. The smallest absolute Gasteiger partial charge is 0.337 e. The van der Waals surface area contributed by atoms with Crippen LogP contribution in [-0.2, 0) is 19.0 Å². The van der Waals surface area contributed by atoms with Gasteiger partial charge in [-0.15, -0.1) is 0 Å². The van der Waals surface area contributed by atoms with Crippen molar-refractivity contribution in [3.8, 4) is 5.75 Å². The molecule has 0 aliphatic carbocycles. The molecule has 9 heteroatoms. The first-order chi connectivity index (χ1) is 16.3. The van der Waals surface area contributed by atoms with Gasteiger partial charge in [-0.05, 0) is 55.7 Å². The Hall–Kier alpha value is -2.72. The second kappa shape index (κ2) is 11.6. The fraction of sp³-hybridized carbons (Fsp3) is 0.520. The van der Waals surface area contributed by atoms with Gasteiger partial charge < -0.3 is 34.3 Å². The zero-order valence-corrected chi connectivity index (χ0v) is 19.6. The molecule has 1 aliphatic rings. The number of benzene rings is 2. The van der Waals surface area contributed by atoms with Gasteiger partial charge in [0.1, 0.15) is 30.2 Å². The maximum absolute atomic E-state index is 12.0. The molecule has 0 unspecified atom stereocenters. The van der Waals surface area contributed by atoms with E-state index in [1.165, 1.54) is 7.11 Å². The van der Waals surface area contributed by atoms with Gasteiger partial charge in [0.05, 0.1) is 32.0 Å². The minimum Gasteiger partial charge on any atom is -0.493 e. The van der Waals surface area contributed by atoms with Crippen LogP contribution < -0.4 is 4.74 Å². The fourth-order valence-corrected chi connectivity index (χ4v) is 4.07. The highest BCUT2D eigenvalue weighted by atomic mass is 16.5. The van der Waals surface area contributed by atoms with E-state index in [-0.39, 0.29) is 5.97 Å². The van der Waals surface area contributed by atoms with Gasteiger partial charge in [0, 0.05) is 12.0 Å². The molecule has 0 amide bonds. The van der Waals surface area contributed by atoms with Crippen molar-refractivity contribution in [2.75, 3.05) is 20.3 Å². The number of hydrogen-bond donors (Lipinski definition) is 3. The van der Waals surface area contributed by atoms with Crippen LogP contribution in [0.15, 0.2) is 30.3 Å². The fourth-order valence-electron chi connectivity index (χ4n) is 4.07. The summed E-state index contributed by atoms with van der Waals surface area (Å²) < 4.78 is 21.6. The quantitative estimate of drug-likeness (QED) is 0.368. The van der Waals surface area contributed by atoms with E-state index in [1.807, 2.05) is 0 Å². The first-order valence-electron chi connectivity index (χ1n) is 11.4. The number of ether oxygens (including phenoxy) is 4. The Labute approximate surface area is 198 Å². The number of fused-ring (bicyclic) bond motifs is 1. The van der Waals surface area contributed by atoms with Crippen molar-refractivity contribution in [1.29, 1.82) is 0 Å². The molecule has 5 atom stereocenters. The largest absolute Gasteiger partial charge is 0.493 e. The molecule has 0 spiro atoms. The van der Waals surface area contributed by atoms with Crippen molar-refractivity contribution in [3.63, 3.8) is 0 Å². The van der Waals surface area contributed by atoms with E-state index < -0.39 is 36.5 Å². The van der Waals surface area contributed by atoms with Crippen molar-refractivity contribution >= 4 is 22.7 Å². The minimum atomic E-state index is -1.41. The van der Waals surface area contributed by atoms with Crippen LogP contribution in [0.4, 0.5) is 0 Å². The molecule has 1 heterocycles. The summed E-state index contributed by atoms with van der Waals surface area (Å²) in [4.78, 5) is 23.5. The summed E-state index contributed by atoms with van der Waals surface area (Å²) in [5, 5.41) is 32.6. The molecule has 1 fully saturated rings. The third-order valence-electron chi connectivity index (χ3n) is 5.92. The Bertz CT molecular complexity index is 1010. The number of esters is 2. The average Bonchev–Trinajstić information content (AvgIpc) is 2.84. The molecule has 0 bridgehead atoms. The van der Waals surface area contributed by atoms with Crippen molar-refractivity contribution in [1.82, 2.24) is 0 Å². The van der Waals surface area contributed by atoms with Gasteiger partial charge in [0.25, 0.3) is 0 Å². The number of unbranched alkanes of at least 4 members (excludes halogenated alkanes) is 1. The first kappa shape index (κ1) is 25.9. The van der Waals surface area contributed by atoms with Gasteiger partial charge in [-0.3, -0.25) is 4.79 Å². The standard InChI is InChI=1S/C25H32O9/c1-4-32-19(26)7-5-6-12-33-18-11-9-15-13-16(25(30)31-3)8-10-17(15)20(18)24-23(29)22(28)21(27)14(2)34-24/h8-11,13-14,21-24,27-29H,4-7,12H2,1-3H3/t14-,21+,22+,23-,24+/m0/s1. The highest BCUT2D eigenvalue weighted by molar-refractivity contribution is 5.97. The normalized spacial score (nSPS) is 24.6. The van der Waals surface area contributed by atoms with Crippen LogP contribution >= 0.6 is 0 Å². The number of aliphatic hydroxyl groups excluding tert-OH is 3. The highest BCUT2D eigenvalue weighted by Gasteiger charge is 2.44. The van der Waals surface area contributed by atoms with Gasteiger partial charge >= 0.3 is 11.9 Å². The average molecular weight is 477 g/mol. The van der Waals surface area contributed by atoms with Crippen molar-refractivity contribution in [2.45, 2.75) is 63.6 Å². The molecule has 2 aromatic rings. The Morgan fingerprint density at radius 2 is 1.79 bits per heavy atom. The lowest BCUT2D eigenvalue weighted by Crippen LogP contribution is -2.53. The molecule has 3 rings (SSSR count). The Kier molecular flexibility index (Phi) is 8.84. The summed E-state index contributed by atoms with van der Waals surface area (Å²) in [6.45, 7) is 4.02. The van der Waals surface area contributed by atoms with Crippen molar-refractivity contribution in [2.24, 2.45) is 0 Å². The van der Waals surface area contributed by atoms with E-state index in [4.69, 9.17) is 18.9 Å². The van der Waals surface area contributed by atoms with Crippen LogP contribution in [0.25, 0.3) is 10.8 Å². The molecule has 0 saturated carbocycles. The topological polar surface area (TPSA) is 132 Å². The second-order valence-corrected chi connectivity index (χ2v) is 8.25. The Morgan fingerprint density at radius 1 is 1.03 bits per heavy atom. The van der Waals surface area contributed by atoms with E-state index in [0.29, 0.717) is 60.1 Å². The molecule has 0 radical (unpaired) electrons. The molecule has 3 N–H and O–H groups in total. The highest BCUT2D eigenvalue weighted by Crippen LogP contribution is 2.41.